The van der Waals surface area contributed by atoms with Gasteiger partial charge in [0.25, 0.3) is 5.56 Å². The molecule has 0 aliphatic heterocycles. The predicted octanol–water partition coefficient (Wildman–Crippen LogP) is 3.35. The first kappa shape index (κ1) is 14.8. The van der Waals surface area contributed by atoms with Crippen molar-refractivity contribution in [3.8, 4) is 5.69 Å². The van der Waals surface area contributed by atoms with E-state index in [1.54, 1.807) is 25.1 Å². The Kier molecular flexibility index (Phi) is 4.30. The van der Waals surface area contributed by atoms with E-state index in [9.17, 15) is 9.59 Å². The third-order valence-corrected chi connectivity index (χ3v) is 3.65. The minimum atomic E-state index is -0.573. The average molecular weight is 357 g/mol. The van der Waals surface area contributed by atoms with E-state index in [4.69, 9.17) is 16.3 Å². The first-order chi connectivity index (χ1) is 9.45. The van der Waals surface area contributed by atoms with Crippen LogP contribution >= 0.6 is 27.5 Å². The summed E-state index contributed by atoms with van der Waals surface area (Å²) in [4.78, 5) is 23.9. The van der Waals surface area contributed by atoms with E-state index in [1.165, 1.54) is 17.7 Å². The molecule has 0 amide bonds. The molecule has 20 heavy (non-hydrogen) atoms. The molecule has 0 fully saturated rings. The largest absolute Gasteiger partial charge is 0.465 e. The molecule has 0 aliphatic rings. The van der Waals surface area contributed by atoms with Crippen molar-refractivity contribution in [1.82, 2.24) is 4.57 Å². The van der Waals surface area contributed by atoms with Gasteiger partial charge >= 0.3 is 5.97 Å². The number of rotatable bonds is 2. The fourth-order valence-corrected chi connectivity index (χ4v) is 2.67. The fourth-order valence-electron chi connectivity index (χ4n) is 1.98. The number of hydrogen-bond acceptors (Lipinski definition) is 3. The van der Waals surface area contributed by atoms with Gasteiger partial charge in [-0.15, -0.1) is 0 Å². The maximum Gasteiger partial charge on any atom is 0.341 e. The lowest BCUT2D eigenvalue weighted by Gasteiger charge is -2.14. The van der Waals surface area contributed by atoms with Gasteiger partial charge in [0, 0.05) is 16.2 Å². The lowest BCUT2D eigenvalue weighted by atomic mass is 10.2. The second-order valence-electron chi connectivity index (χ2n) is 4.10. The zero-order valence-corrected chi connectivity index (χ0v) is 13.2. The Morgan fingerprint density at radius 2 is 2.05 bits per heavy atom. The molecule has 0 spiro atoms. The fraction of sp³-hybridized carbons (Fsp3) is 0.143. The third kappa shape index (κ3) is 2.64. The molecule has 104 valence electrons. The topological polar surface area (TPSA) is 48.3 Å². The van der Waals surface area contributed by atoms with Crippen LogP contribution in [0.15, 0.2) is 39.6 Å². The Balaban J connectivity index is 2.77. The highest BCUT2D eigenvalue weighted by molar-refractivity contribution is 9.10. The number of aromatic nitrogens is 1. The number of pyridine rings is 1. The van der Waals surface area contributed by atoms with Crippen LogP contribution in [0.3, 0.4) is 0 Å². The highest BCUT2D eigenvalue weighted by atomic mass is 79.9. The van der Waals surface area contributed by atoms with Crippen molar-refractivity contribution in [2.45, 2.75) is 6.92 Å². The maximum atomic E-state index is 12.1. The standard InChI is InChI=1S/C14H11BrClNO3/c1-8-13(14(19)20-2)11(16)7-12(18)17(8)10-5-3-4-9(15)6-10/h3-7H,1-2H3. The van der Waals surface area contributed by atoms with Crippen LogP contribution < -0.4 is 5.56 Å². The molecule has 1 heterocycles. The molecule has 1 aromatic carbocycles. The van der Waals surface area contributed by atoms with Crippen LogP contribution in [0.1, 0.15) is 16.1 Å². The lowest BCUT2D eigenvalue weighted by molar-refractivity contribution is 0.0599. The molecular formula is C14H11BrClNO3. The van der Waals surface area contributed by atoms with Crippen molar-refractivity contribution < 1.29 is 9.53 Å². The first-order valence-electron chi connectivity index (χ1n) is 5.72. The SMILES string of the molecule is COC(=O)c1c(Cl)cc(=O)n(-c2cccc(Br)c2)c1C. The molecule has 2 aromatic rings. The Bertz CT molecular complexity index is 740. The Labute approximate surface area is 129 Å². The van der Waals surface area contributed by atoms with E-state index in [0.717, 1.165) is 4.47 Å². The van der Waals surface area contributed by atoms with Crippen LogP contribution in [0.25, 0.3) is 5.69 Å². The van der Waals surface area contributed by atoms with E-state index in [1.807, 2.05) is 6.07 Å². The van der Waals surface area contributed by atoms with Gasteiger partial charge in [0.05, 0.1) is 23.4 Å². The number of esters is 1. The van der Waals surface area contributed by atoms with E-state index in [2.05, 4.69) is 15.9 Å². The van der Waals surface area contributed by atoms with Crippen molar-refractivity contribution in [2.75, 3.05) is 7.11 Å². The molecule has 2 rings (SSSR count). The van der Waals surface area contributed by atoms with Crippen molar-refractivity contribution in [1.29, 1.82) is 0 Å². The second kappa shape index (κ2) is 5.81. The van der Waals surface area contributed by atoms with Crippen molar-refractivity contribution in [2.24, 2.45) is 0 Å². The summed E-state index contributed by atoms with van der Waals surface area (Å²) in [6, 6.07) is 8.41. The summed E-state index contributed by atoms with van der Waals surface area (Å²) in [5.41, 5.74) is 0.961. The Morgan fingerprint density at radius 3 is 2.65 bits per heavy atom. The minimum absolute atomic E-state index is 0.0885. The van der Waals surface area contributed by atoms with Crippen molar-refractivity contribution in [3.63, 3.8) is 0 Å². The van der Waals surface area contributed by atoms with Crippen LogP contribution in [0.4, 0.5) is 0 Å². The third-order valence-electron chi connectivity index (χ3n) is 2.86. The number of hydrogen-bond donors (Lipinski definition) is 0. The summed E-state index contributed by atoms with van der Waals surface area (Å²) in [5, 5.41) is 0.0885. The first-order valence-corrected chi connectivity index (χ1v) is 6.89. The Morgan fingerprint density at radius 1 is 1.35 bits per heavy atom. The smallest absolute Gasteiger partial charge is 0.341 e. The molecule has 0 aliphatic carbocycles. The molecule has 0 saturated heterocycles. The summed E-state index contributed by atoms with van der Waals surface area (Å²) in [5.74, 6) is -0.573. The number of carbonyl (C=O) groups excluding carboxylic acids is 1. The zero-order chi connectivity index (χ0) is 14.9. The quantitative estimate of drug-likeness (QED) is 0.775. The molecule has 0 unspecified atom stereocenters. The van der Waals surface area contributed by atoms with Crippen molar-refractivity contribution >= 4 is 33.5 Å². The van der Waals surface area contributed by atoms with E-state index < -0.39 is 5.97 Å². The van der Waals surface area contributed by atoms with Crippen LogP contribution in [0.2, 0.25) is 5.02 Å². The van der Waals surface area contributed by atoms with Crippen LogP contribution in [0, 0.1) is 6.92 Å². The van der Waals surface area contributed by atoms with E-state index in [-0.39, 0.29) is 16.1 Å². The van der Waals surface area contributed by atoms with Gasteiger partial charge in [-0.2, -0.15) is 0 Å². The van der Waals surface area contributed by atoms with Gasteiger partial charge in [0.15, 0.2) is 0 Å². The summed E-state index contributed by atoms with van der Waals surface area (Å²) in [6.45, 7) is 1.65. The summed E-state index contributed by atoms with van der Waals surface area (Å²) >= 11 is 9.33. The highest BCUT2D eigenvalue weighted by Gasteiger charge is 2.19. The van der Waals surface area contributed by atoms with Gasteiger partial charge in [0.1, 0.15) is 0 Å². The number of benzene rings is 1. The van der Waals surface area contributed by atoms with Gasteiger partial charge in [-0.1, -0.05) is 33.6 Å². The molecule has 0 radical (unpaired) electrons. The molecule has 0 saturated carbocycles. The van der Waals surface area contributed by atoms with Gasteiger partial charge in [-0.05, 0) is 25.1 Å². The number of methoxy groups -OCH3 is 1. The summed E-state index contributed by atoms with van der Waals surface area (Å²) in [6.07, 6.45) is 0. The molecule has 0 atom stereocenters. The zero-order valence-electron chi connectivity index (χ0n) is 10.8. The van der Waals surface area contributed by atoms with Crippen LogP contribution in [-0.4, -0.2) is 17.6 Å². The second-order valence-corrected chi connectivity index (χ2v) is 5.42. The van der Waals surface area contributed by atoms with Gasteiger partial charge in [-0.3, -0.25) is 9.36 Å². The molecule has 0 bridgehead atoms. The van der Waals surface area contributed by atoms with Gasteiger partial charge < -0.3 is 4.74 Å². The molecule has 4 nitrogen and oxygen atoms in total. The van der Waals surface area contributed by atoms with E-state index >= 15 is 0 Å². The molecular weight excluding hydrogens is 346 g/mol. The average Bonchev–Trinajstić information content (AvgIpc) is 2.37. The number of nitrogens with zero attached hydrogens (tertiary/aromatic N) is 1. The number of halogens is 2. The summed E-state index contributed by atoms with van der Waals surface area (Å²) < 4.78 is 6.95. The highest BCUT2D eigenvalue weighted by Crippen LogP contribution is 2.22. The Hall–Kier alpha value is -1.59. The maximum absolute atomic E-state index is 12.1. The summed E-state index contributed by atoms with van der Waals surface area (Å²) in [7, 11) is 1.27. The van der Waals surface area contributed by atoms with E-state index in [0.29, 0.717) is 11.4 Å². The van der Waals surface area contributed by atoms with Crippen molar-refractivity contribution in [3.05, 3.63) is 61.4 Å². The van der Waals surface area contributed by atoms with Crippen LogP contribution in [0.5, 0.6) is 0 Å². The van der Waals surface area contributed by atoms with Gasteiger partial charge in [0.2, 0.25) is 0 Å². The monoisotopic (exact) mass is 355 g/mol. The van der Waals surface area contributed by atoms with Gasteiger partial charge in [-0.25, -0.2) is 4.79 Å². The predicted molar refractivity (Wildman–Crippen MR) is 80.8 cm³/mol. The molecule has 1 aromatic heterocycles. The van der Waals surface area contributed by atoms with Crippen LogP contribution in [-0.2, 0) is 4.74 Å². The minimum Gasteiger partial charge on any atom is -0.465 e. The molecule has 0 N–H and O–H groups in total. The number of ether oxygens (including phenoxy) is 1. The number of carbonyl (C=O) groups is 1. The lowest BCUT2D eigenvalue weighted by Crippen LogP contribution is -2.23. The normalized spacial score (nSPS) is 10.4. The molecule has 6 heteroatoms.